The Labute approximate surface area is 150 Å². The van der Waals surface area contributed by atoms with Crippen molar-refractivity contribution >= 4 is 21.5 Å². The molecule has 26 heavy (non-hydrogen) atoms. The molecule has 2 rings (SSSR count). The van der Waals surface area contributed by atoms with E-state index in [0.29, 0.717) is 0 Å². The van der Waals surface area contributed by atoms with Crippen LogP contribution in [0.15, 0.2) is 58.5 Å². The second-order valence-electron chi connectivity index (χ2n) is 5.27. The largest absolute Gasteiger partial charge is 0.465 e. The van der Waals surface area contributed by atoms with Crippen molar-refractivity contribution in [3.05, 3.63) is 70.8 Å². The van der Waals surface area contributed by atoms with Crippen LogP contribution in [0, 0.1) is 11.6 Å². The molecule has 0 aliphatic heterocycles. The molecule has 0 unspecified atom stereocenters. The number of aryl methyl sites for hydroxylation is 1. The summed E-state index contributed by atoms with van der Waals surface area (Å²) in [5.74, 6) is -3.24. The molecule has 0 spiro atoms. The number of hydrogen-bond acceptors (Lipinski definition) is 5. The van der Waals surface area contributed by atoms with Gasteiger partial charge in [-0.2, -0.15) is 0 Å². The molecule has 1 N–H and O–H groups in total. The quantitative estimate of drug-likeness (QED) is 0.613. The second-order valence-corrected chi connectivity index (χ2v) is 7.19. The fraction of sp³-hybridized carbons (Fsp3) is 0.167. The number of benzene rings is 2. The molecular weight excluding hydrogens is 364 g/mol. The smallest absolute Gasteiger partial charge is 0.351 e. The fourth-order valence-electron chi connectivity index (χ4n) is 2.11. The fourth-order valence-corrected chi connectivity index (χ4v) is 3.38. The van der Waals surface area contributed by atoms with Crippen molar-refractivity contribution in [2.45, 2.75) is 18.2 Å². The van der Waals surface area contributed by atoms with Crippen molar-refractivity contribution in [2.75, 3.05) is 12.4 Å². The summed E-state index contributed by atoms with van der Waals surface area (Å²) < 4.78 is 56.2. The van der Waals surface area contributed by atoms with Crippen LogP contribution in [0.3, 0.4) is 0 Å². The summed E-state index contributed by atoms with van der Waals surface area (Å²) in [6, 6.07) is 8.98. The van der Waals surface area contributed by atoms with Gasteiger partial charge in [-0.25, -0.2) is 22.0 Å². The minimum atomic E-state index is -4.17. The van der Waals surface area contributed by atoms with E-state index in [-0.39, 0.29) is 10.6 Å². The predicted octanol–water partition coefficient (Wildman–Crippen LogP) is 3.43. The molecule has 0 saturated heterocycles. The standard InChI is InChI=1S/C18H17F2NO4S/c1-3-12-4-7-14(8-5-12)26(23,24)17(18(22)25-2)11-21-13-6-9-15(19)16(20)10-13/h4-11,21H,3H2,1-2H3/b17-11+. The number of carbonyl (C=O) groups is 1. The highest BCUT2D eigenvalue weighted by Gasteiger charge is 2.28. The maximum absolute atomic E-state index is 13.3. The minimum Gasteiger partial charge on any atom is -0.465 e. The number of anilines is 1. The summed E-state index contributed by atoms with van der Waals surface area (Å²) in [7, 11) is -3.12. The number of rotatable bonds is 6. The van der Waals surface area contributed by atoms with Gasteiger partial charge >= 0.3 is 5.97 Å². The zero-order valence-electron chi connectivity index (χ0n) is 14.1. The molecular formula is C18H17F2NO4S. The maximum Gasteiger partial charge on any atom is 0.351 e. The zero-order chi connectivity index (χ0) is 19.3. The Balaban J connectivity index is 2.41. The third-order valence-corrected chi connectivity index (χ3v) is 5.36. The average molecular weight is 381 g/mol. The highest BCUT2D eigenvalue weighted by molar-refractivity contribution is 7.96. The summed E-state index contributed by atoms with van der Waals surface area (Å²) in [4.78, 5) is 11.2. The molecule has 0 amide bonds. The summed E-state index contributed by atoms with van der Waals surface area (Å²) >= 11 is 0. The van der Waals surface area contributed by atoms with E-state index < -0.39 is 32.3 Å². The third kappa shape index (κ3) is 4.26. The molecule has 0 radical (unpaired) electrons. The number of carbonyl (C=O) groups excluding carboxylic acids is 1. The van der Waals surface area contributed by atoms with Crippen LogP contribution >= 0.6 is 0 Å². The lowest BCUT2D eigenvalue weighted by Gasteiger charge is -2.09. The van der Waals surface area contributed by atoms with Crippen molar-refractivity contribution in [1.82, 2.24) is 0 Å². The molecule has 138 valence electrons. The average Bonchev–Trinajstić information content (AvgIpc) is 2.64. The monoisotopic (exact) mass is 381 g/mol. The van der Waals surface area contributed by atoms with Crippen molar-refractivity contribution in [1.29, 1.82) is 0 Å². The minimum absolute atomic E-state index is 0.0711. The van der Waals surface area contributed by atoms with E-state index in [4.69, 9.17) is 0 Å². The van der Waals surface area contributed by atoms with Gasteiger partial charge in [0.1, 0.15) is 0 Å². The van der Waals surface area contributed by atoms with E-state index in [0.717, 1.165) is 37.4 Å². The Hall–Kier alpha value is -2.74. The van der Waals surface area contributed by atoms with Crippen LogP contribution in [0.4, 0.5) is 14.5 Å². The van der Waals surface area contributed by atoms with E-state index >= 15 is 0 Å². The van der Waals surface area contributed by atoms with Crippen molar-refractivity contribution < 1.29 is 26.7 Å². The molecule has 0 heterocycles. The number of esters is 1. The number of halogens is 2. The van der Waals surface area contributed by atoms with Crippen molar-refractivity contribution in [2.24, 2.45) is 0 Å². The van der Waals surface area contributed by atoms with E-state index in [9.17, 15) is 22.0 Å². The number of methoxy groups -OCH3 is 1. The van der Waals surface area contributed by atoms with Gasteiger partial charge in [-0.1, -0.05) is 19.1 Å². The first-order valence-electron chi connectivity index (χ1n) is 7.63. The van der Waals surface area contributed by atoms with Crippen molar-refractivity contribution in [3.63, 3.8) is 0 Å². The van der Waals surface area contributed by atoms with Crippen molar-refractivity contribution in [3.8, 4) is 0 Å². The van der Waals surface area contributed by atoms with Gasteiger partial charge in [0.15, 0.2) is 16.5 Å². The normalized spacial score (nSPS) is 11.9. The van der Waals surface area contributed by atoms with Crippen LogP contribution < -0.4 is 5.32 Å². The molecule has 0 aliphatic rings. The molecule has 8 heteroatoms. The van der Waals surface area contributed by atoms with Crippen LogP contribution in [0.1, 0.15) is 12.5 Å². The summed E-state index contributed by atoms with van der Waals surface area (Å²) in [5.41, 5.74) is 1.01. The first-order valence-corrected chi connectivity index (χ1v) is 9.12. The first-order chi connectivity index (χ1) is 12.3. The van der Waals surface area contributed by atoms with E-state index in [2.05, 4.69) is 10.1 Å². The molecule has 2 aromatic carbocycles. The van der Waals surface area contributed by atoms with Gasteiger partial charge in [0, 0.05) is 18.0 Å². The molecule has 0 aliphatic carbocycles. The molecule has 2 aromatic rings. The molecule has 0 bridgehead atoms. The topological polar surface area (TPSA) is 72.5 Å². The van der Waals surface area contributed by atoms with Gasteiger partial charge in [-0.3, -0.25) is 0 Å². The van der Waals surface area contributed by atoms with Crippen LogP contribution in [0.5, 0.6) is 0 Å². The lowest BCUT2D eigenvalue weighted by atomic mass is 10.2. The summed E-state index contributed by atoms with van der Waals surface area (Å²) in [6.07, 6.45) is 1.62. The van der Waals surface area contributed by atoms with Gasteiger partial charge < -0.3 is 10.1 Å². The third-order valence-electron chi connectivity index (χ3n) is 3.61. The highest BCUT2D eigenvalue weighted by atomic mass is 32.2. The van der Waals surface area contributed by atoms with E-state index in [1.807, 2.05) is 6.92 Å². The number of hydrogen-bond donors (Lipinski definition) is 1. The van der Waals surface area contributed by atoms with Crippen LogP contribution in [0.25, 0.3) is 0 Å². The van der Waals surface area contributed by atoms with Gasteiger partial charge in [-0.15, -0.1) is 0 Å². The van der Waals surface area contributed by atoms with Gasteiger partial charge in [0.25, 0.3) is 0 Å². The van der Waals surface area contributed by atoms with E-state index in [1.54, 1.807) is 12.1 Å². The Morgan fingerprint density at radius 3 is 2.31 bits per heavy atom. The number of sulfone groups is 1. The molecule has 0 atom stereocenters. The SMILES string of the molecule is CCc1ccc(S(=O)(=O)/C(=C/Nc2ccc(F)c(F)c2)C(=O)OC)cc1. The second kappa shape index (κ2) is 8.09. The summed E-state index contributed by atoms with van der Waals surface area (Å²) in [6.45, 7) is 1.93. The summed E-state index contributed by atoms with van der Waals surface area (Å²) in [5, 5.41) is 2.48. The Morgan fingerprint density at radius 2 is 1.77 bits per heavy atom. The van der Waals surface area contributed by atoms with Crippen LogP contribution in [-0.2, 0) is 25.8 Å². The van der Waals surface area contributed by atoms with Crippen LogP contribution in [0.2, 0.25) is 0 Å². The van der Waals surface area contributed by atoms with E-state index in [1.165, 1.54) is 18.2 Å². The maximum atomic E-state index is 13.3. The number of nitrogens with one attached hydrogen (secondary N) is 1. The van der Waals surface area contributed by atoms with Gasteiger partial charge in [0.05, 0.1) is 12.0 Å². The van der Waals surface area contributed by atoms with Gasteiger partial charge in [-0.05, 0) is 36.2 Å². The molecule has 0 aromatic heterocycles. The highest BCUT2D eigenvalue weighted by Crippen LogP contribution is 2.22. The Morgan fingerprint density at radius 1 is 1.12 bits per heavy atom. The Kier molecular flexibility index (Phi) is 6.10. The van der Waals surface area contributed by atoms with Crippen LogP contribution in [-0.4, -0.2) is 21.5 Å². The predicted molar refractivity (Wildman–Crippen MR) is 93.1 cm³/mol. The number of ether oxygens (including phenoxy) is 1. The lowest BCUT2D eigenvalue weighted by molar-refractivity contribution is -0.135. The first kappa shape index (κ1) is 19.6. The molecule has 0 saturated carbocycles. The Bertz CT molecular complexity index is 938. The van der Waals surface area contributed by atoms with Gasteiger partial charge in [0.2, 0.25) is 9.84 Å². The zero-order valence-corrected chi connectivity index (χ0v) is 14.9. The lowest BCUT2D eigenvalue weighted by Crippen LogP contribution is -2.17. The molecule has 5 nitrogen and oxygen atoms in total. The molecule has 0 fully saturated rings.